The lowest BCUT2D eigenvalue weighted by molar-refractivity contribution is 0.283. The number of benzene rings is 2. The Hall–Kier alpha value is -2.24. The number of anilines is 3. The zero-order valence-electron chi connectivity index (χ0n) is 27.7. The summed E-state index contributed by atoms with van der Waals surface area (Å²) in [6.45, 7) is 9.78. The maximum Gasteiger partial charge on any atom is 0.0704 e. The van der Waals surface area contributed by atoms with Crippen LogP contribution in [0.1, 0.15) is 122 Å². The zero-order valence-corrected chi connectivity index (χ0v) is 27.7. The Morgan fingerprint density at radius 3 is 1.37 bits per heavy atom. The van der Waals surface area contributed by atoms with Gasteiger partial charge < -0.3 is 22.1 Å². The van der Waals surface area contributed by atoms with Gasteiger partial charge in [0, 0.05) is 12.7 Å². The van der Waals surface area contributed by atoms with Crippen molar-refractivity contribution in [1.82, 2.24) is 4.90 Å². The van der Waals surface area contributed by atoms with Crippen LogP contribution in [0.2, 0.25) is 0 Å². The molecule has 5 nitrogen and oxygen atoms in total. The third-order valence-electron chi connectivity index (χ3n) is 7.72. The Bertz CT molecular complexity index is 804. The summed E-state index contributed by atoms with van der Waals surface area (Å²) in [7, 11) is 3.64. The highest BCUT2D eigenvalue weighted by molar-refractivity contribution is 5.66. The number of nitrogens with zero attached hydrogens (tertiary/aromatic N) is 2. The minimum Gasteiger partial charge on any atom is -0.399 e. The first-order chi connectivity index (χ1) is 20.0. The van der Waals surface area contributed by atoms with Gasteiger partial charge in [-0.2, -0.15) is 0 Å². The molecule has 0 saturated carbocycles. The molecule has 236 valence electrons. The second kappa shape index (κ2) is 27.9. The molecule has 0 saturated heterocycles. The number of hydrogen-bond donors (Lipinski definition) is 3. The summed E-state index contributed by atoms with van der Waals surface area (Å²) in [4.78, 5) is 4.79. The van der Waals surface area contributed by atoms with Crippen LogP contribution in [-0.2, 0) is 0 Å². The Balaban J connectivity index is 0.00000135. The predicted octanol–water partition coefficient (Wildman–Crippen LogP) is 9.40. The van der Waals surface area contributed by atoms with Gasteiger partial charge >= 0.3 is 0 Å². The maximum atomic E-state index is 6.12. The summed E-state index contributed by atoms with van der Waals surface area (Å²) in [5.41, 5.74) is 20.1. The molecule has 6 N–H and O–H groups in total. The van der Waals surface area contributed by atoms with Gasteiger partial charge in [0.15, 0.2) is 0 Å². The van der Waals surface area contributed by atoms with Crippen LogP contribution in [0.3, 0.4) is 0 Å². The molecule has 0 aliphatic heterocycles. The second-order valence-electron chi connectivity index (χ2n) is 11.3. The second-order valence-corrected chi connectivity index (χ2v) is 11.3. The van der Waals surface area contributed by atoms with E-state index in [1.54, 1.807) is 0 Å². The van der Waals surface area contributed by atoms with Gasteiger partial charge in [0.1, 0.15) is 0 Å². The Morgan fingerprint density at radius 2 is 0.976 bits per heavy atom. The molecule has 0 atom stereocenters. The highest BCUT2D eigenvalue weighted by atomic mass is 15.3. The summed E-state index contributed by atoms with van der Waals surface area (Å²) in [5.74, 6) is 0. The van der Waals surface area contributed by atoms with E-state index in [9.17, 15) is 0 Å². The van der Waals surface area contributed by atoms with Crippen molar-refractivity contribution >= 4 is 17.1 Å². The molecule has 2 rings (SSSR count). The van der Waals surface area contributed by atoms with E-state index in [1.165, 1.54) is 116 Å². The molecular formula is C36H67N5. The van der Waals surface area contributed by atoms with Gasteiger partial charge in [0.25, 0.3) is 0 Å². The van der Waals surface area contributed by atoms with Gasteiger partial charge in [-0.25, -0.2) is 0 Å². The lowest BCUT2D eigenvalue weighted by Gasteiger charge is -2.29. The van der Waals surface area contributed by atoms with Crippen molar-refractivity contribution in [2.75, 3.05) is 50.2 Å². The van der Waals surface area contributed by atoms with E-state index in [-0.39, 0.29) is 0 Å². The number of hydrogen-bond acceptors (Lipinski definition) is 5. The van der Waals surface area contributed by atoms with Crippen LogP contribution in [0.4, 0.5) is 17.1 Å². The van der Waals surface area contributed by atoms with Crippen molar-refractivity contribution in [1.29, 1.82) is 0 Å². The molecule has 0 radical (unpaired) electrons. The molecule has 0 amide bonds. The largest absolute Gasteiger partial charge is 0.399 e. The fraction of sp³-hybridized carbons (Fsp3) is 0.667. The summed E-state index contributed by atoms with van der Waals surface area (Å²) in [6, 6.07) is 16.0. The standard InChI is InChI=1S/C28H53N3.C7H9N.CH5N/c1-4-6-7-8-9-10-11-12-13-14-15-16-17-18-19-22-25-31(5-2)26-30(3)28-24-21-20-23-27(28)29;1-6-4-2-3-5-7(6)8;1-2/h20-21,23-24H,4-19,22,25-26,29H2,1-3H3;2-5H,8H2,1H3;2H2,1H3. The first-order valence-electron chi connectivity index (χ1n) is 16.7. The normalized spacial score (nSPS) is 10.5. The lowest BCUT2D eigenvalue weighted by Crippen LogP contribution is -2.36. The van der Waals surface area contributed by atoms with Crippen molar-refractivity contribution in [3.8, 4) is 0 Å². The van der Waals surface area contributed by atoms with Gasteiger partial charge in [-0.05, 0) is 57.2 Å². The van der Waals surface area contributed by atoms with Crippen molar-refractivity contribution in [3.05, 3.63) is 54.1 Å². The van der Waals surface area contributed by atoms with E-state index >= 15 is 0 Å². The number of nitrogen functional groups attached to an aromatic ring is 2. The Labute approximate surface area is 255 Å². The lowest BCUT2D eigenvalue weighted by atomic mass is 10.0. The molecule has 0 bridgehead atoms. The molecule has 0 aliphatic carbocycles. The third-order valence-corrected chi connectivity index (χ3v) is 7.72. The molecule has 41 heavy (non-hydrogen) atoms. The number of unbranched alkanes of at least 4 members (excludes halogenated alkanes) is 15. The third kappa shape index (κ3) is 21.2. The summed E-state index contributed by atoms with van der Waals surface area (Å²) >= 11 is 0. The molecule has 0 fully saturated rings. The summed E-state index contributed by atoms with van der Waals surface area (Å²) in [5, 5.41) is 0. The minimum atomic E-state index is 0.864. The van der Waals surface area contributed by atoms with Crippen LogP contribution in [0, 0.1) is 6.92 Å². The molecule has 0 unspecified atom stereocenters. The summed E-state index contributed by atoms with van der Waals surface area (Å²) in [6.07, 6.45) is 22.8. The molecule has 2 aromatic rings. The van der Waals surface area contributed by atoms with E-state index in [2.05, 4.69) is 48.6 Å². The SMILES string of the molecule is CCCCCCCCCCCCCCCCCCN(CC)CN(C)c1ccccc1N.CN.Cc1ccccc1N. The predicted molar refractivity (Wildman–Crippen MR) is 187 cm³/mol. The van der Waals surface area contributed by atoms with E-state index in [4.69, 9.17) is 11.5 Å². The molecule has 0 heterocycles. The van der Waals surface area contributed by atoms with Gasteiger partial charge in [0.05, 0.1) is 18.0 Å². The zero-order chi connectivity index (χ0) is 30.6. The van der Waals surface area contributed by atoms with Crippen molar-refractivity contribution < 1.29 is 0 Å². The van der Waals surface area contributed by atoms with Crippen LogP contribution in [0.15, 0.2) is 48.5 Å². The van der Waals surface area contributed by atoms with Crippen LogP contribution >= 0.6 is 0 Å². The topological polar surface area (TPSA) is 84.5 Å². The monoisotopic (exact) mass is 570 g/mol. The van der Waals surface area contributed by atoms with E-state index in [0.29, 0.717) is 0 Å². The van der Waals surface area contributed by atoms with Crippen LogP contribution in [0.5, 0.6) is 0 Å². The number of para-hydroxylation sites is 3. The number of aryl methyl sites for hydroxylation is 1. The molecule has 0 aromatic heterocycles. The van der Waals surface area contributed by atoms with Gasteiger partial charge in [-0.1, -0.05) is 140 Å². The Morgan fingerprint density at radius 1 is 0.561 bits per heavy atom. The van der Waals surface area contributed by atoms with Crippen LogP contribution in [-0.4, -0.2) is 38.8 Å². The average Bonchev–Trinajstić information content (AvgIpc) is 2.99. The van der Waals surface area contributed by atoms with Gasteiger partial charge in [-0.15, -0.1) is 0 Å². The minimum absolute atomic E-state index is 0.864. The van der Waals surface area contributed by atoms with Gasteiger partial charge in [-0.3, -0.25) is 4.90 Å². The van der Waals surface area contributed by atoms with E-state index in [0.717, 1.165) is 35.8 Å². The van der Waals surface area contributed by atoms with Crippen LogP contribution in [0.25, 0.3) is 0 Å². The van der Waals surface area contributed by atoms with Crippen molar-refractivity contribution in [2.24, 2.45) is 5.73 Å². The van der Waals surface area contributed by atoms with E-state index in [1.807, 2.05) is 43.3 Å². The molecular weight excluding hydrogens is 502 g/mol. The quantitative estimate of drug-likeness (QED) is 0.0792. The highest BCUT2D eigenvalue weighted by Gasteiger charge is 2.09. The molecule has 5 heteroatoms. The average molecular weight is 570 g/mol. The fourth-order valence-electron chi connectivity index (χ4n) is 5.01. The highest BCUT2D eigenvalue weighted by Crippen LogP contribution is 2.21. The molecule has 0 aliphatic rings. The summed E-state index contributed by atoms with van der Waals surface area (Å²) < 4.78 is 0. The molecule has 2 aromatic carbocycles. The fourth-order valence-corrected chi connectivity index (χ4v) is 5.01. The smallest absolute Gasteiger partial charge is 0.0704 e. The first kappa shape index (κ1) is 38.8. The van der Waals surface area contributed by atoms with Gasteiger partial charge in [0.2, 0.25) is 0 Å². The van der Waals surface area contributed by atoms with E-state index < -0.39 is 0 Å². The maximum absolute atomic E-state index is 6.12. The number of nitrogens with two attached hydrogens (primary N) is 3. The van der Waals surface area contributed by atoms with Crippen molar-refractivity contribution in [3.63, 3.8) is 0 Å². The molecule has 0 spiro atoms. The Kier molecular flexibility index (Phi) is 26.4. The number of rotatable bonds is 21. The van der Waals surface area contributed by atoms with Crippen molar-refractivity contribution in [2.45, 2.75) is 124 Å². The first-order valence-corrected chi connectivity index (χ1v) is 16.7. The van der Waals surface area contributed by atoms with Crippen LogP contribution < -0.4 is 22.1 Å².